The fourth-order valence-electron chi connectivity index (χ4n) is 4.68. The maximum Gasteiger partial charge on any atom is 0.227 e. The number of unbranched alkanes of at least 4 members (excludes halogenated alkanes) is 1. The Kier molecular flexibility index (Phi) is 6.66. The second kappa shape index (κ2) is 10.2. The molecule has 1 aliphatic heterocycles. The Morgan fingerprint density at radius 3 is 2.66 bits per heavy atom. The molecule has 3 aromatic carbocycles. The number of anilines is 1. The van der Waals surface area contributed by atoms with E-state index in [1.54, 1.807) is 30.2 Å². The molecule has 180 valence electrons. The van der Waals surface area contributed by atoms with Crippen LogP contribution < -0.4 is 14.4 Å². The average molecular weight is 474 g/mol. The number of hydrogen-bond donors (Lipinski definition) is 0. The van der Waals surface area contributed by atoms with Crippen molar-refractivity contribution in [3.8, 4) is 11.5 Å². The summed E-state index contributed by atoms with van der Waals surface area (Å²) in [6.45, 7) is 1.78. The Morgan fingerprint density at radius 1 is 1.00 bits per heavy atom. The molecule has 2 heterocycles. The SMILES string of the molecule is COc1cccc(OCCCCn2c(C3CC(=O)N(c4ccccc4F)C3)nc3ccccc32)c1. The number of aromatic nitrogens is 2. The molecule has 0 bridgehead atoms. The summed E-state index contributed by atoms with van der Waals surface area (Å²) in [5.74, 6) is 1.88. The van der Waals surface area contributed by atoms with E-state index in [-0.39, 0.29) is 17.6 Å². The van der Waals surface area contributed by atoms with Crippen LogP contribution in [0.2, 0.25) is 0 Å². The van der Waals surface area contributed by atoms with Gasteiger partial charge in [-0.1, -0.05) is 30.3 Å². The van der Waals surface area contributed by atoms with Crippen LogP contribution in [0.1, 0.15) is 31.0 Å². The first kappa shape index (κ1) is 22.9. The van der Waals surface area contributed by atoms with Gasteiger partial charge in [-0.2, -0.15) is 0 Å². The molecular formula is C28H28FN3O3. The minimum Gasteiger partial charge on any atom is -0.497 e. The minimum absolute atomic E-state index is 0.0783. The summed E-state index contributed by atoms with van der Waals surface area (Å²) in [5, 5.41) is 0. The van der Waals surface area contributed by atoms with Crippen molar-refractivity contribution >= 4 is 22.6 Å². The van der Waals surface area contributed by atoms with Crippen molar-refractivity contribution in [3.05, 3.63) is 84.4 Å². The molecule has 1 amide bonds. The molecule has 1 aliphatic rings. The first-order chi connectivity index (χ1) is 17.1. The van der Waals surface area contributed by atoms with Gasteiger partial charge in [0.15, 0.2) is 0 Å². The number of hydrogen-bond acceptors (Lipinski definition) is 4. The molecule has 7 heteroatoms. The number of rotatable bonds is 9. The predicted octanol–water partition coefficient (Wildman–Crippen LogP) is 5.56. The highest BCUT2D eigenvalue weighted by molar-refractivity contribution is 5.96. The van der Waals surface area contributed by atoms with Crippen molar-refractivity contribution < 1.29 is 18.7 Å². The molecule has 1 saturated heterocycles. The number of fused-ring (bicyclic) bond motifs is 1. The standard InChI is InChI=1S/C28H28FN3O3/c1-34-21-9-8-10-22(18-21)35-16-7-6-15-31-26-14-5-3-12-24(26)30-28(31)20-17-27(33)32(19-20)25-13-4-2-11-23(25)29/h2-5,8-14,18,20H,6-7,15-17,19H2,1H3. The van der Waals surface area contributed by atoms with Gasteiger partial charge in [-0.15, -0.1) is 0 Å². The summed E-state index contributed by atoms with van der Waals surface area (Å²) in [7, 11) is 1.64. The summed E-state index contributed by atoms with van der Waals surface area (Å²) in [6, 6.07) is 22.0. The third-order valence-electron chi connectivity index (χ3n) is 6.40. The number of halogens is 1. The van der Waals surface area contributed by atoms with Gasteiger partial charge in [-0.3, -0.25) is 4.79 Å². The molecule has 35 heavy (non-hydrogen) atoms. The van der Waals surface area contributed by atoms with Crippen molar-refractivity contribution in [3.63, 3.8) is 0 Å². The Morgan fingerprint density at radius 2 is 1.80 bits per heavy atom. The highest BCUT2D eigenvalue weighted by Crippen LogP contribution is 2.34. The molecular weight excluding hydrogens is 445 g/mol. The van der Waals surface area contributed by atoms with E-state index in [4.69, 9.17) is 14.5 Å². The van der Waals surface area contributed by atoms with Crippen LogP contribution in [0.4, 0.5) is 10.1 Å². The summed E-state index contributed by atoms with van der Waals surface area (Å²) < 4.78 is 27.7. The lowest BCUT2D eigenvalue weighted by molar-refractivity contribution is -0.117. The lowest BCUT2D eigenvalue weighted by Gasteiger charge is -2.18. The molecule has 1 atom stereocenters. The van der Waals surface area contributed by atoms with Crippen molar-refractivity contribution in [1.82, 2.24) is 9.55 Å². The van der Waals surface area contributed by atoms with Gasteiger partial charge in [0.2, 0.25) is 5.91 Å². The molecule has 0 radical (unpaired) electrons. The zero-order valence-electron chi connectivity index (χ0n) is 19.7. The van der Waals surface area contributed by atoms with E-state index in [1.807, 2.05) is 42.5 Å². The van der Waals surface area contributed by atoms with E-state index >= 15 is 0 Å². The van der Waals surface area contributed by atoms with Gasteiger partial charge in [0.1, 0.15) is 23.1 Å². The molecule has 1 aromatic heterocycles. The fraction of sp³-hybridized carbons (Fsp3) is 0.286. The van der Waals surface area contributed by atoms with Gasteiger partial charge < -0.3 is 18.9 Å². The van der Waals surface area contributed by atoms with E-state index in [2.05, 4.69) is 10.6 Å². The quantitative estimate of drug-likeness (QED) is 0.299. The van der Waals surface area contributed by atoms with Crippen LogP contribution >= 0.6 is 0 Å². The molecule has 1 unspecified atom stereocenters. The molecule has 6 nitrogen and oxygen atoms in total. The predicted molar refractivity (Wildman–Crippen MR) is 134 cm³/mol. The van der Waals surface area contributed by atoms with Gasteiger partial charge in [0.05, 0.1) is 30.4 Å². The molecule has 0 N–H and O–H groups in total. The van der Waals surface area contributed by atoms with E-state index in [0.29, 0.717) is 25.3 Å². The Balaban J connectivity index is 1.29. The number of nitrogens with zero attached hydrogens (tertiary/aromatic N) is 3. The summed E-state index contributed by atoms with van der Waals surface area (Å²) in [4.78, 5) is 19.3. The second-order valence-electron chi connectivity index (χ2n) is 8.70. The first-order valence-electron chi connectivity index (χ1n) is 11.9. The topological polar surface area (TPSA) is 56.6 Å². The Labute approximate surface area is 203 Å². The van der Waals surface area contributed by atoms with Crippen LogP contribution in [0, 0.1) is 5.82 Å². The van der Waals surface area contributed by atoms with Gasteiger partial charge >= 0.3 is 0 Å². The highest BCUT2D eigenvalue weighted by Gasteiger charge is 2.35. The number of carbonyl (C=O) groups is 1. The zero-order valence-corrected chi connectivity index (χ0v) is 19.7. The smallest absolute Gasteiger partial charge is 0.227 e. The maximum absolute atomic E-state index is 14.4. The Hall–Kier alpha value is -3.87. The Bertz CT molecular complexity index is 1340. The van der Waals surface area contributed by atoms with E-state index in [0.717, 1.165) is 47.7 Å². The van der Waals surface area contributed by atoms with E-state index in [9.17, 15) is 9.18 Å². The summed E-state index contributed by atoms with van der Waals surface area (Å²) in [5.41, 5.74) is 2.29. The number of ether oxygens (including phenoxy) is 2. The van der Waals surface area contributed by atoms with Crippen LogP contribution in [-0.4, -0.2) is 35.7 Å². The van der Waals surface area contributed by atoms with Crippen molar-refractivity contribution in [1.29, 1.82) is 0 Å². The zero-order chi connectivity index (χ0) is 24.2. The van der Waals surface area contributed by atoms with Crippen molar-refractivity contribution in [2.45, 2.75) is 31.7 Å². The number of carbonyl (C=O) groups excluding carboxylic acids is 1. The second-order valence-corrected chi connectivity index (χ2v) is 8.70. The molecule has 5 rings (SSSR count). The van der Waals surface area contributed by atoms with Gasteiger partial charge in [-0.25, -0.2) is 9.37 Å². The van der Waals surface area contributed by atoms with Crippen LogP contribution in [0.3, 0.4) is 0 Å². The molecule has 0 spiro atoms. The maximum atomic E-state index is 14.4. The fourth-order valence-corrected chi connectivity index (χ4v) is 4.68. The van der Waals surface area contributed by atoms with Crippen LogP contribution in [0.15, 0.2) is 72.8 Å². The largest absolute Gasteiger partial charge is 0.497 e. The van der Waals surface area contributed by atoms with Crippen molar-refractivity contribution in [2.75, 3.05) is 25.2 Å². The van der Waals surface area contributed by atoms with Gasteiger partial charge in [0, 0.05) is 31.5 Å². The molecule has 1 fully saturated rings. The third-order valence-corrected chi connectivity index (χ3v) is 6.40. The summed E-state index contributed by atoms with van der Waals surface area (Å²) in [6.07, 6.45) is 2.08. The molecule has 0 saturated carbocycles. The van der Waals surface area contributed by atoms with Crippen LogP contribution in [0.5, 0.6) is 11.5 Å². The number of benzene rings is 3. The lowest BCUT2D eigenvalue weighted by Crippen LogP contribution is -2.25. The van der Waals surface area contributed by atoms with E-state index in [1.165, 1.54) is 6.07 Å². The lowest BCUT2D eigenvalue weighted by atomic mass is 10.1. The van der Waals surface area contributed by atoms with Crippen LogP contribution in [0.25, 0.3) is 11.0 Å². The van der Waals surface area contributed by atoms with Gasteiger partial charge in [-0.05, 0) is 49.2 Å². The first-order valence-corrected chi connectivity index (χ1v) is 11.9. The number of imidazole rings is 1. The monoisotopic (exact) mass is 473 g/mol. The third kappa shape index (κ3) is 4.85. The normalized spacial score (nSPS) is 15.7. The van der Waals surface area contributed by atoms with E-state index < -0.39 is 0 Å². The van der Waals surface area contributed by atoms with Crippen LogP contribution in [-0.2, 0) is 11.3 Å². The number of para-hydroxylation sites is 3. The summed E-state index contributed by atoms with van der Waals surface area (Å²) >= 11 is 0. The number of amides is 1. The highest BCUT2D eigenvalue weighted by atomic mass is 19.1. The minimum atomic E-state index is -0.383. The molecule has 4 aromatic rings. The van der Waals surface area contributed by atoms with Crippen molar-refractivity contribution in [2.24, 2.45) is 0 Å². The number of aryl methyl sites for hydroxylation is 1. The van der Waals surface area contributed by atoms with Gasteiger partial charge in [0.25, 0.3) is 0 Å². The molecule has 0 aliphatic carbocycles. The number of methoxy groups -OCH3 is 1. The average Bonchev–Trinajstić information content (AvgIpc) is 3.44.